The Morgan fingerprint density at radius 3 is 2.93 bits per heavy atom. The zero-order chi connectivity index (χ0) is 19.5. The zero-order valence-corrected chi connectivity index (χ0v) is 18.1. The lowest BCUT2D eigenvalue weighted by atomic mass is 9.63. The molecule has 5 nitrogen and oxygen atoms in total. The van der Waals surface area contributed by atoms with E-state index in [1.807, 2.05) is 12.1 Å². The Balaban J connectivity index is 1.62. The van der Waals surface area contributed by atoms with Gasteiger partial charge >= 0.3 is 0 Å². The van der Waals surface area contributed by atoms with Gasteiger partial charge in [-0.25, -0.2) is 4.99 Å². The second-order valence-electron chi connectivity index (χ2n) is 7.73. The minimum absolute atomic E-state index is 0.000539. The van der Waals surface area contributed by atoms with Crippen LogP contribution in [0.1, 0.15) is 30.4 Å². The quantitative estimate of drug-likeness (QED) is 0.639. The molecule has 1 aromatic heterocycles. The molecule has 1 spiro atoms. The topological polar surface area (TPSA) is 80.7 Å². The number of aliphatic imine (C=N–C) groups is 1. The van der Waals surface area contributed by atoms with Crippen molar-refractivity contribution < 1.29 is 9.84 Å². The highest BCUT2D eigenvalue weighted by atomic mass is 79.9. The van der Waals surface area contributed by atoms with Gasteiger partial charge in [-0.2, -0.15) is 0 Å². The summed E-state index contributed by atoms with van der Waals surface area (Å²) in [6, 6.07) is 7.85. The fourth-order valence-electron chi connectivity index (χ4n) is 4.80. The molecule has 146 valence electrons. The van der Waals surface area contributed by atoms with Gasteiger partial charge < -0.3 is 15.6 Å². The number of pyridine rings is 1. The van der Waals surface area contributed by atoms with Crippen molar-refractivity contribution in [2.24, 2.45) is 16.6 Å². The van der Waals surface area contributed by atoms with Gasteiger partial charge in [0.05, 0.1) is 10.6 Å². The lowest BCUT2D eigenvalue weighted by molar-refractivity contribution is -0.0875. The van der Waals surface area contributed by atoms with Crippen LogP contribution >= 0.6 is 39.3 Å². The van der Waals surface area contributed by atoms with E-state index in [9.17, 15) is 5.11 Å². The number of hydrogen-bond acceptors (Lipinski definition) is 6. The molecular formula is C20H19BrClN3O2S. The number of hydrogen-bond donors (Lipinski definition) is 2. The van der Waals surface area contributed by atoms with Gasteiger partial charge in [0.2, 0.25) is 0 Å². The van der Waals surface area contributed by atoms with Crippen LogP contribution in [-0.2, 0) is 11.1 Å². The number of aromatic nitrogens is 1. The number of nitrogens with two attached hydrogens (primary N) is 1. The number of benzene rings is 1. The average Bonchev–Trinajstić information content (AvgIpc) is 3.06. The number of amidine groups is 1. The minimum atomic E-state index is -1.02. The molecule has 0 saturated heterocycles. The summed E-state index contributed by atoms with van der Waals surface area (Å²) in [5, 5.41) is 12.7. The monoisotopic (exact) mass is 479 g/mol. The van der Waals surface area contributed by atoms with E-state index in [0.29, 0.717) is 23.0 Å². The summed E-state index contributed by atoms with van der Waals surface area (Å²) in [7, 11) is 0. The molecule has 0 radical (unpaired) electrons. The average molecular weight is 481 g/mol. The molecule has 1 fully saturated rings. The lowest BCUT2D eigenvalue weighted by Crippen LogP contribution is -2.54. The van der Waals surface area contributed by atoms with Crippen molar-refractivity contribution in [2.45, 2.75) is 36.5 Å². The second-order valence-corrected chi connectivity index (χ2v) is 10.1. The molecule has 0 amide bonds. The number of nitrogens with zero attached hydrogens (tertiary/aromatic N) is 2. The van der Waals surface area contributed by atoms with Crippen LogP contribution in [0.2, 0.25) is 5.02 Å². The van der Waals surface area contributed by atoms with Crippen LogP contribution in [0.25, 0.3) is 0 Å². The minimum Gasteiger partial charge on any atom is -0.490 e. The molecule has 28 heavy (non-hydrogen) atoms. The van der Waals surface area contributed by atoms with Crippen molar-refractivity contribution in [3.8, 4) is 5.75 Å². The van der Waals surface area contributed by atoms with Crippen LogP contribution in [0.4, 0.5) is 0 Å². The van der Waals surface area contributed by atoms with Gasteiger partial charge in [0.15, 0.2) is 5.17 Å². The van der Waals surface area contributed by atoms with Gasteiger partial charge in [0, 0.05) is 39.7 Å². The predicted octanol–water partition coefficient (Wildman–Crippen LogP) is 4.20. The summed E-state index contributed by atoms with van der Waals surface area (Å²) >= 11 is 11.3. The van der Waals surface area contributed by atoms with Crippen molar-refractivity contribution >= 4 is 44.5 Å². The van der Waals surface area contributed by atoms with Gasteiger partial charge in [-0.05, 0) is 43.5 Å². The first kappa shape index (κ1) is 18.7. The van der Waals surface area contributed by atoms with E-state index in [4.69, 9.17) is 27.1 Å². The van der Waals surface area contributed by atoms with Crippen LogP contribution in [0.5, 0.6) is 5.75 Å². The smallest absolute Gasteiger partial charge is 0.154 e. The molecule has 1 aliphatic carbocycles. The van der Waals surface area contributed by atoms with Crippen molar-refractivity contribution in [1.82, 2.24) is 4.98 Å². The van der Waals surface area contributed by atoms with Crippen LogP contribution in [0.15, 0.2) is 46.1 Å². The van der Waals surface area contributed by atoms with E-state index >= 15 is 0 Å². The van der Waals surface area contributed by atoms with Gasteiger partial charge in [-0.15, -0.1) is 0 Å². The number of aliphatic hydroxyl groups is 1. The summed E-state index contributed by atoms with van der Waals surface area (Å²) < 4.78 is 7.35. The molecule has 1 aromatic carbocycles. The normalized spacial score (nSPS) is 33.8. The van der Waals surface area contributed by atoms with Crippen LogP contribution in [0, 0.1) is 5.92 Å². The van der Waals surface area contributed by atoms with Crippen molar-refractivity contribution in [2.75, 3.05) is 5.75 Å². The molecule has 0 bridgehead atoms. The van der Waals surface area contributed by atoms with E-state index in [-0.39, 0.29) is 12.0 Å². The van der Waals surface area contributed by atoms with E-state index in [1.54, 1.807) is 30.2 Å². The third-order valence-corrected chi connectivity index (χ3v) is 7.81. The summed E-state index contributed by atoms with van der Waals surface area (Å²) in [5.41, 5.74) is 6.38. The van der Waals surface area contributed by atoms with Crippen molar-refractivity contribution in [3.05, 3.63) is 57.3 Å². The molecule has 1 unspecified atom stereocenters. The predicted molar refractivity (Wildman–Crippen MR) is 115 cm³/mol. The van der Waals surface area contributed by atoms with Gasteiger partial charge in [-0.1, -0.05) is 39.3 Å². The summed E-state index contributed by atoms with van der Waals surface area (Å²) in [6.45, 7) is 0. The third-order valence-electron chi connectivity index (χ3n) is 6.14. The van der Waals surface area contributed by atoms with Crippen molar-refractivity contribution in [1.29, 1.82) is 0 Å². The molecule has 1 saturated carbocycles. The van der Waals surface area contributed by atoms with Crippen molar-refractivity contribution in [3.63, 3.8) is 0 Å². The Morgan fingerprint density at radius 1 is 1.32 bits per heavy atom. The highest BCUT2D eigenvalue weighted by Gasteiger charge is 2.57. The summed E-state index contributed by atoms with van der Waals surface area (Å²) in [5.74, 6) is 1.61. The van der Waals surface area contributed by atoms with Crippen LogP contribution in [0.3, 0.4) is 0 Å². The molecule has 5 rings (SSSR count). The number of fused-ring (bicyclic) bond motifs is 4. The Labute approximate surface area is 180 Å². The second kappa shape index (κ2) is 6.62. The molecular weight excluding hydrogens is 462 g/mol. The van der Waals surface area contributed by atoms with Crippen LogP contribution in [-0.4, -0.2) is 27.1 Å². The maximum absolute atomic E-state index is 11.6. The largest absolute Gasteiger partial charge is 0.490 e. The molecule has 8 heteroatoms. The van der Waals surface area contributed by atoms with E-state index < -0.39 is 11.1 Å². The van der Waals surface area contributed by atoms with E-state index in [0.717, 1.165) is 33.5 Å². The number of halogens is 2. The first-order valence-corrected chi connectivity index (χ1v) is 11.3. The number of rotatable bonds is 1. The van der Waals surface area contributed by atoms with Gasteiger partial charge in [-0.3, -0.25) is 4.98 Å². The first-order valence-electron chi connectivity index (χ1n) is 9.18. The molecule has 3 N–H and O–H groups in total. The molecule has 2 aromatic rings. The Bertz CT molecular complexity index is 990. The summed E-state index contributed by atoms with van der Waals surface area (Å²) in [6.07, 6.45) is 5.10. The number of thioether (sulfide) groups is 1. The highest BCUT2D eigenvalue weighted by Crippen LogP contribution is 2.57. The Kier molecular flexibility index (Phi) is 4.43. The van der Waals surface area contributed by atoms with Crippen LogP contribution < -0.4 is 10.5 Å². The van der Waals surface area contributed by atoms with E-state index in [1.165, 1.54) is 0 Å². The maximum atomic E-state index is 11.6. The summed E-state index contributed by atoms with van der Waals surface area (Å²) in [4.78, 5) is 9.10. The van der Waals surface area contributed by atoms with E-state index in [2.05, 4.69) is 27.0 Å². The first-order chi connectivity index (χ1) is 13.4. The van der Waals surface area contributed by atoms with Gasteiger partial charge in [0.1, 0.15) is 17.4 Å². The lowest BCUT2D eigenvalue weighted by Gasteiger charge is -2.51. The zero-order valence-electron chi connectivity index (χ0n) is 14.9. The highest BCUT2D eigenvalue weighted by molar-refractivity contribution is 9.10. The standard InChI is InChI=1S/C20H19BrClN3O2S/c21-12-1-2-16-14(6-12)20(10-28-18(23)25-20)15-7-19(26,4-3-17(15)27-16)11-5-13(22)9-24-8-11/h1-2,5-6,8-9,15,17,26H,3-4,7,10H2,(H2,23,25)/t15-,17-,19?,20+/m0/s1. The molecule has 2 aliphatic heterocycles. The fraction of sp³-hybridized carbons (Fsp3) is 0.400. The third kappa shape index (κ3) is 2.86. The fourth-order valence-corrected chi connectivity index (χ4v) is 6.37. The molecule has 3 heterocycles. The molecule has 3 aliphatic rings. The SMILES string of the molecule is NC1=N[C@]2(CS1)c1cc(Br)ccc1O[C@H]1CCC(O)(c3cncc(Cl)c3)C[C@@H]12. The Morgan fingerprint density at radius 2 is 2.18 bits per heavy atom. The maximum Gasteiger partial charge on any atom is 0.154 e. The molecule has 4 atom stereocenters. The Hall–Kier alpha value is -1.28. The number of ether oxygens (including phenoxy) is 1. The van der Waals surface area contributed by atoms with Gasteiger partial charge in [0.25, 0.3) is 0 Å².